The van der Waals surface area contributed by atoms with E-state index in [4.69, 9.17) is 0 Å². The summed E-state index contributed by atoms with van der Waals surface area (Å²) in [7, 11) is -4.03. The van der Waals surface area contributed by atoms with Crippen molar-refractivity contribution in [1.82, 2.24) is 10.2 Å². The van der Waals surface area contributed by atoms with Gasteiger partial charge in [0.15, 0.2) is 11.6 Å². The summed E-state index contributed by atoms with van der Waals surface area (Å²) < 4.78 is 52.8. The number of nitrogens with zero attached hydrogens (tertiary/aromatic N) is 2. The molecular formula is C24H31F2N3O4S. The molecule has 0 saturated carbocycles. The van der Waals surface area contributed by atoms with E-state index in [1.54, 1.807) is 31.2 Å². The number of rotatable bonds is 11. The first kappa shape index (κ1) is 27.2. The molecule has 0 unspecified atom stereocenters. The van der Waals surface area contributed by atoms with Gasteiger partial charge in [0, 0.05) is 18.7 Å². The monoisotopic (exact) mass is 495 g/mol. The lowest BCUT2D eigenvalue weighted by Crippen LogP contribution is -2.53. The molecule has 34 heavy (non-hydrogen) atoms. The fourth-order valence-corrected chi connectivity index (χ4v) is 4.24. The van der Waals surface area contributed by atoms with E-state index in [1.165, 1.54) is 4.90 Å². The summed E-state index contributed by atoms with van der Waals surface area (Å²) in [6, 6.07) is 10.6. The van der Waals surface area contributed by atoms with Crippen LogP contribution < -0.4 is 9.62 Å². The van der Waals surface area contributed by atoms with Gasteiger partial charge in [-0.05, 0) is 37.5 Å². The van der Waals surface area contributed by atoms with Crippen molar-refractivity contribution in [3.05, 3.63) is 65.7 Å². The normalized spacial score (nSPS) is 13.1. The standard InChI is InChI=1S/C24H31F2N3O4S/c1-5-17(3)27-24(31)22(6-2)28(15-18-10-8-7-9-11-18)23(30)16-29(34(4,32)33)19-12-13-20(25)21(26)14-19/h7-14,17,22H,5-6,15-16H2,1-4H3,(H,27,31)/t17-,22-/m1/s1. The minimum atomic E-state index is -4.03. The lowest BCUT2D eigenvalue weighted by molar-refractivity contribution is -0.140. The average molecular weight is 496 g/mol. The topological polar surface area (TPSA) is 86.8 Å². The Morgan fingerprint density at radius 2 is 1.65 bits per heavy atom. The molecule has 0 fully saturated rings. The zero-order valence-electron chi connectivity index (χ0n) is 19.8. The SMILES string of the molecule is CC[C@@H](C)NC(=O)[C@@H](CC)N(Cc1ccccc1)C(=O)CN(c1ccc(F)c(F)c1)S(C)(=O)=O. The van der Waals surface area contributed by atoms with Gasteiger partial charge in [0.1, 0.15) is 12.6 Å². The fourth-order valence-electron chi connectivity index (χ4n) is 3.39. The molecule has 2 aromatic rings. The molecule has 10 heteroatoms. The van der Waals surface area contributed by atoms with Crippen molar-refractivity contribution in [3.63, 3.8) is 0 Å². The van der Waals surface area contributed by atoms with E-state index in [1.807, 2.05) is 19.9 Å². The summed E-state index contributed by atoms with van der Waals surface area (Å²) >= 11 is 0. The van der Waals surface area contributed by atoms with E-state index in [-0.39, 0.29) is 24.2 Å². The number of benzene rings is 2. The van der Waals surface area contributed by atoms with Gasteiger partial charge in [0.05, 0.1) is 11.9 Å². The average Bonchev–Trinajstić information content (AvgIpc) is 2.78. The molecule has 0 spiro atoms. The van der Waals surface area contributed by atoms with E-state index in [0.29, 0.717) is 17.1 Å². The molecule has 0 aromatic heterocycles. The summed E-state index contributed by atoms with van der Waals surface area (Å²) in [4.78, 5) is 27.8. The van der Waals surface area contributed by atoms with E-state index < -0.39 is 40.2 Å². The van der Waals surface area contributed by atoms with Gasteiger partial charge in [-0.1, -0.05) is 44.2 Å². The molecule has 0 heterocycles. The molecule has 0 aliphatic carbocycles. The first-order valence-corrected chi connectivity index (χ1v) is 12.9. The minimum absolute atomic E-state index is 0.0709. The molecule has 0 saturated heterocycles. The number of carbonyl (C=O) groups excluding carboxylic acids is 2. The third-order valence-electron chi connectivity index (χ3n) is 5.45. The van der Waals surface area contributed by atoms with Gasteiger partial charge in [-0.15, -0.1) is 0 Å². The van der Waals surface area contributed by atoms with E-state index in [2.05, 4.69) is 5.32 Å². The molecule has 0 aliphatic heterocycles. The van der Waals surface area contributed by atoms with Gasteiger partial charge in [0.25, 0.3) is 0 Å². The van der Waals surface area contributed by atoms with Crippen LogP contribution in [0.25, 0.3) is 0 Å². The highest BCUT2D eigenvalue weighted by molar-refractivity contribution is 7.92. The van der Waals surface area contributed by atoms with Crippen LogP contribution in [0, 0.1) is 11.6 Å². The van der Waals surface area contributed by atoms with E-state index in [0.717, 1.165) is 30.0 Å². The van der Waals surface area contributed by atoms with Crippen molar-refractivity contribution in [1.29, 1.82) is 0 Å². The molecule has 0 radical (unpaired) electrons. The smallest absolute Gasteiger partial charge is 0.244 e. The second-order valence-electron chi connectivity index (χ2n) is 8.12. The summed E-state index contributed by atoms with van der Waals surface area (Å²) in [6.45, 7) is 4.92. The van der Waals surface area contributed by atoms with Crippen LogP contribution in [-0.4, -0.2) is 50.0 Å². The second-order valence-corrected chi connectivity index (χ2v) is 10.0. The highest BCUT2D eigenvalue weighted by Gasteiger charge is 2.32. The summed E-state index contributed by atoms with van der Waals surface area (Å²) in [5, 5.41) is 2.87. The number of carbonyl (C=O) groups is 2. The predicted molar refractivity (Wildman–Crippen MR) is 128 cm³/mol. The highest BCUT2D eigenvalue weighted by atomic mass is 32.2. The maximum Gasteiger partial charge on any atom is 0.244 e. The van der Waals surface area contributed by atoms with E-state index >= 15 is 0 Å². The van der Waals surface area contributed by atoms with Crippen LogP contribution in [0.3, 0.4) is 0 Å². The molecular weight excluding hydrogens is 464 g/mol. The first-order valence-electron chi connectivity index (χ1n) is 11.0. The molecule has 7 nitrogen and oxygen atoms in total. The summed E-state index contributed by atoms with van der Waals surface area (Å²) in [5.74, 6) is -3.37. The Kier molecular flexibility index (Phi) is 9.55. The van der Waals surface area contributed by atoms with Gasteiger partial charge >= 0.3 is 0 Å². The van der Waals surface area contributed by atoms with Crippen molar-refractivity contribution in [2.24, 2.45) is 0 Å². The highest BCUT2D eigenvalue weighted by Crippen LogP contribution is 2.22. The Morgan fingerprint density at radius 1 is 1.00 bits per heavy atom. The Balaban J connectivity index is 2.43. The molecule has 2 rings (SSSR count). The van der Waals surface area contributed by atoms with Crippen LogP contribution in [0.5, 0.6) is 0 Å². The first-order chi connectivity index (χ1) is 16.0. The third-order valence-corrected chi connectivity index (χ3v) is 6.59. The number of anilines is 1. The van der Waals surface area contributed by atoms with Gasteiger partial charge < -0.3 is 10.2 Å². The van der Waals surface area contributed by atoms with Crippen LogP contribution in [0.15, 0.2) is 48.5 Å². The maximum atomic E-state index is 13.8. The van der Waals surface area contributed by atoms with Crippen molar-refractivity contribution in [3.8, 4) is 0 Å². The van der Waals surface area contributed by atoms with Gasteiger partial charge in [-0.2, -0.15) is 0 Å². The molecule has 2 atom stereocenters. The number of amides is 2. The van der Waals surface area contributed by atoms with Crippen molar-refractivity contribution >= 4 is 27.5 Å². The lowest BCUT2D eigenvalue weighted by atomic mass is 10.1. The van der Waals surface area contributed by atoms with Crippen molar-refractivity contribution < 1.29 is 26.8 Å². The lowest BCUT2D eigenvalue weighted by Gasteiger charge is -2.33. The van der Waals surface area contributed by atoms with Crippen LogP contribution in [0.2, 0.25) is 0 Å². The largest absolute Gasteiger partial charge is 0.352 e. The molecule has 2 aromatic carbocycles. The zero-order chi connectivity index (χ0) is 25.5. The van der Waals surface area contributed by atoms with Gasteiger partial charge in [-0.3, -0.25) is 13.9 Å². The summed E-state index contributed by atoms with van der Waals surface area (Å²) in [6.07, 6.45) is 1.87. The Bertz CT molecular complexity index is 1100. The quantitative estimate of drug-likeness (QED) is 0.517. The van der Waals surface area contributed by atoms with Crippen LogP contribution in [0.4, 0.5) is 14.5 Å². The number of halogens is 2. The minimum Gasteiger partial charge on any atom is -0.352 e. The Hall–Kier alpha value is -3.01. The molecule has 0 aliphatic rings. The third kappa shape index (κ3) is 7.24. The zero-order valence-corrected chi connectivity index (χ0v) is 20.6. The van der Waals surface area contributed by atoms with E-state index in [9.17, 15) is 26.8 Å². The molecule has 2 amide bonds. The molecule has 1 N–H and O–H groups in total. The van der Waals surface area contributed by atoms with Gasteiger partial charge in [-0.25, -0.2) is 17.2 Å². The van der Waals surface area contributed by atoms with Crippen LogP contribution in [0.1, 0.15) is 39.2 Å². The van der Waals surface area contributed by atoms with Crippen LogP contribution >= 0.6 is 0 Å². The summed E-state index contributed by atoms with van der Waals surface area (Å²) in [5.41, 5.74) is 0.566. The number of hydrogen-bond acceptors (Lipinski definition) is 4. The Labute approximate surface area is 199 Å². The molecule has 186 valence electrons. The molecule has 0 bridgehead atoms. The maximum absolute atomic E-state index is 13.8. The predicted octanol–water partition coefficient (Wildman–Crippen LogP) is 3.45. The van der Waals surface area contributed by atoms with Gasteiger partial charge in [0.2, 0.25) is 21.8 Å². The van der Waals surface area contributed by atoms with Crippen molar-refractivity contribution in [2.45, 2.75) is 52.2 Å². The number of hydrogen-bond donors (Lipinski definition) is 1. The van der Waals surface area contributed by atoms with Crippen LogP contribution in [-0.2, 0) is 26.2 Å². The number of sulfonamides is 1. The second kappa shape index (κ2) is 11.9. The van der Waals surface area contributed by atoms with Crippen molar-refractivity contribution in [2.75, 3.05) is 17.1 Å². The Morgan fingerprint density at radius 3 is 2.18 bits per heavy atom. The fraction of sp³-hybridized carbons (Fsp3) is 0.417. The number of nitrogens with one attached hydrogen (secondary N) is 1.